The van der Waals surface area contributed by atoms with Gasteiger partial charge in [0.15, 0.2) is 0 Å². The first kappa shape index (κ1) is 18.9. The van der Waals surface area contributed by atoms with Crippen molar-refractivity contribution in [3.05, 3.63) is 88.2 Å². The first-order chi connectivity index (χ1) is 12.7. The Morgan fingerprint density at radius 1 is 0.593 bits per heavy atom. The zero-order valence-electron chi connectivity index (χ0n) is 14.9. The summed E-state index contributed by atoms with van der Waals surface area (Å²) < 4.78 is 71.6. The van der Waals surface area contributed by atoms with E-state index in [1.807, 2.05) is 0 Å². The summed E-state index contributed by atoms with van der Waals surface area (Å²) >= 11 is 0. The van der Waals surface area contributed by atoms with Crippen LogP contribution in [0, 0.1) is 49.9 Å². The quantitative estimate of drug-likeness (QED) is 0.455. The molecule has 0 heterocycles. The Morgan fingerprint density at radius 3 is 1.78 bits per heavy atom. The third-order valence-corrected chi connectivity index (χ3v) is 4.34. The summed E-state index contributed by atoms with van der Waals surface area (Å²) in [5.41, 5.74) is -0.247. The van der Waals surface area contributed by atoms with Crippen molar-refractivity contribution in [3.63, 3.8) is 0 Å². The number of benzene rings is 3. The molecule has 0 saturated carbocycles. The molecule has 0 aliphatic rings. The van der Waals surface area contributed by atoms with Crippen molar-refractivity contribution in [3.8, 4) is 0 Å². The molecule has 0 bridgehead atoms. The van der Waals surface area contributed by atoms with E-state index < -0.39 is 29.1 Å². The summed E-state index contributed by atoms with van der Waals surface area (Å²) in [4.78, 5) is 0.957. The second-order valence-electron chi connectivity index (χ2n) is 6.38. The number of anilines is 3. The molecule has 0 aromatic heterocycles. The van der Waals surface area contributed by atoms with Crippen molar-refractivity contribution in [2.24, 2.45) is 0 Å². The van der Waals surface area contributed by atoms with Crippen molar-refractivity contribution in [2.45, 2.75) is 20.8 Å². The van der Waals surface area contributed by atoms with Gasteiger partial charge in [0.2, 0.25) is 0 Å². The minimum atomic E-state index is -0.879. The maximum absolute atomic E-state index is 14.6. The Balaban J connectivity index is 2.32. The molecule has 0 saturated heterocycles. The van der Waals surface area contributed by atoms with Crippen LogP contribution >= 0.6 is 0 Å². The molecular formula is C21H16F5N. The molecular weight excluding hydrogens is 361 g/mol. The highest BCUT2D eigenvalue weighted by Crippen LogP contribution is 2.39. The van der Waals surface area contributed by atoms with Gasteiger partial charge in [0.25, 0.3) is 0 Å². The van der Waals surface area contributed by atoms with Crippen molar-refractivity contribution in [2.75, 3.05) is 4.90 Å². The number of hydrogen-bond donors (Lipinski definition) is 0. The lowest BCUT2D eigenvalue weighted by Gasteiger charge is -2.27. The highest BCUT2D eigenvalue weighted by Gasteiger charge is 2.23. The predicted molar refractivity (Wildman–Crippen MR) is 95.1 cm³/mol. The van der Waals surface area contributed by atoms with E-state index in [1.54, 1.807) is 13.0 Å². The maximum atomic E-state index is 14.6. The van der Waals surface area contributed by atoms with E-state index in [2.05, 4.69) is 0 Å². The largest absolute Gasteiger partial charge is 0.304 e. The van der Waals surface area contributed by atoms with Crippen LogP contribution in [0.5, 0.6) is 0 Å². The van der Waals surface area contributed by atoms with Gasteiger partial charge in [-0.05, 0) is 62.2 Å². The van der Waals surface area contributed by atoms with Crippen LogP contribution in [0.4, 0.5) is 39.0 Å². The molecule has 0 unspecified atom stereocenters. The number of halogens is 5. The van der Waals surface area contributed by atoms with E-state index in [9.17, 15) is 22.0 Å². The molecule has 0 aliphatic heterocycles. The highest BCUT2D eigenvalue weighted by molar-refractivity contribution is 5.77. The SMILES string of the molecule is Cc1ccc(N(c2cc(F)c(C)c(F)c2)c2cc(F)c(C)cc2F)c(F)c1. The molecule has 0 fully saturated rings. The van der Waals surface area contributed by atoms with Gasteiger partial charge in [-0.15, -0.1) is 0 Å². The molecule has 0 amide bonds. The summed E-state index contributed by atoms with van der Waals surface area (Å²) in [5, 5.41) is 0. The molecule has 3 rings (SSSR count). The van der Waals surface area contributed by atoms with Gasteiger partial charge >= 0.3 is 0 Å². The second kappa shape index (κ2) is 7.02. The lowest BCUT2D eigenvalue weighted by Crippen LogP contribution is -2.15. The fraction of sp³-hybridized carbons (Fsp3) is 0.143. The van der Waals surface area contributed by atoms with Crippen molar-refractivity contribution in [1.82, 2.24) is 0 Å². The molecule has 3 aromatic carbocycles. The first-order valence-electron chi connectivity index (χ1n) is 8.16. The van der Waals surface area contributed by atoms with E-state index >= 15 is 0 Å². The number of nitrogens with zero attached hydrogens (tertiary/aromatic N) is 1. The topological polar surface area (TPSA) is 3.24 Å². The smallest absolute Gasteiger partial charge is 0.147 e. The van der Waals surface area contributed by atoms with E-state index in [1.165, 1.54) is 26.0 Å². The molecule has 0 atom stereocenters. The van der Waals surface area contributed by atoms with Crippen LogP contribution in [-0.4, -0.2) is 0 Å². The van der Waals surface area contributed by atoms with Gasteiger partial charge in [-0.3, -0.25) is 0 Å². The van der Waals surface area contributed by atoms with Gasteiger partial charge in [0.05, 0.1) is 17.1 Å². The zero-order chi connectivity index (χ0) is 19.9. The Morgan fingerprint density at radius 2 is 1.19 bits per heavy atom. The van der Waals surface area contributed by atoms with Crippen LogP contribution in [0.2, 0.25) is 0 Å². The fourth-order valence-corrected chi connectivity index (χ4v) is 2.77. The summed E-state index contributed by atoms with van der Waals surface area (Å²) in [7, 11) is 0. The highest BCUT2D eigenvalue weighted by atomic mass is 19.1. The van der Waals surface area contributed by atoms with Gasteiger partial charge in [0, 0.05) is 11.6 Å². The third kappa shape index (κ3) is 3.52. The van der Waals surface area contributed by atoms with Crippen molar-refractivity contribution in [1.29, 1.82) is 0 Å². The van der Waals surface area contributed by atoms with Gasteiger partial charge in [-0.2, -0.15) is 0 Å². The summed E-state index contributed by atoms with van der Waals surface area (Å²) in [6, 6.07) is 7.84. The Kier molecular flexibility index (Phi) is 4.91. The Hall–Kier alpha value is -2.89. The number of hydrogen-bond acceptors (Lipinski definition) is 1. The normalized spacial score (nSPS) is 11.0. The number of aryl methyl sites for hydroxylation is 2. The molecule has 140 valence electrons. The monoisotopic (exact) mass is 377 g/mol. The zero-order valence-corrected chi connectivity index (χ0v) is 14.9. The lowest BCUT2D eigenvalue weighted by molar-refractivity contribution is 0.567. The van der Waals surface area contributed by atoms with Crippen LogP contribution in [-0.2, 0) is 0 Å². The molecule has 27 heavy (non-hydrogen) atoms. The number of rotatable bonds is 3. The van der Waals surface area contributed by atoms with Gasteiger partial charge in [-0.25, -0.2) is 22.0 Å². The first-order valence-corrected chi connectivity index (χ1v) is 8.16. The van der Waals surface area contributed by atoms with Crippen LogP contribution in [0.1, 0.15) is 16.7 Å². The summed E-state index contributed by atoms with van der Waals surface area (Å²) in [6.07, 6.45) is 0. The average Bonchev–Trinajstić information content (AvgIpc) is 2.59. The van der Waals surface area contributed by atoms with Gasteiger partial charge < -0.3 is 4.90 Å². The van der Waals surface area contributed by atoms with Gasteiger partial charge in [-0.1, -0.05) is 6.07 Å². The van der Waals surface area contributed by atoms with Gasteiger partial charge in [0.1, 0.15) is 29.1 Å². The van der Waals surface area contributed by atoms with E-state index in [0.29, 0.717) is 5.56 Å². The van der Waals surface area contributed by atoms with Crippen molar-refractivity contribution >= 4 is 17.1 Å². The van der Waals surface area contributed by atoms with Crippen LogP contribution < -0.4 is 4.90 Å². The van der Waals surface area contributed by atoms with E-state index in [0.717, 1.165) is 29.2 Å². The van der Waals surface area contributed by atoms with Crippen LogP contribution in [0.3, 0.4) is 0 Å². The molecule has 0 N–H and O–H groups in total. The molecule has 0 aliphatic carbocycles. The molecule has 1 nitrogen and oxygen atoms in total. The Bertz CT molecular complexity index is 1010. The van der Waals surface area contributed by atoms with Crippen molar-refractivity contribution < 1.29 is 22.0 Å². The third-order valence-electron chi connectivity index (χ3n) is 4.34. The minimum Gasteiger partial charge on any atom is -0.304 e. The second-order valence-corrected chi connectivity index (χ2v) is 6.38. The van der Waals surface area contributed by atoms with Crippen LogP contribution in [0.15, 0.2) is 42.5 Å². The molecule has 6 heteroatoms. The lowest BCUT2D eigenvalue weighted by atomic mass is 10.1. The summed E-state index contributed by atoms with van der Waals surface area (Å²) in [5.74, 6) is -4.07. The average molecular weight is 377 g/mol. The van der Waals surface area contributed by atoms with E-state index in [4.69, 9.17) is 0 Å². The van der Waals surface area contributed by atoms with E-state index in [-0.39, 0.29) is 28.2 Å². The summed E-state index contributed by atoms with van der Waals surface area (Å²) in [6.45, 7) is 4.29. The molecule has 0 spiro atoms. The standard InChI is InChI=1S/C21H16F5N/c1-11-4-5-20(18(25)6-11)27(14-8-16(23)13(3)17(24)9-14)21-10-15(22)12(2)7-19(21)26/h4-10H,1-3H3. The van der Waals surface area contributed by atoms with Crippen LogP contribution in [0.25, 0.3) is 0 Å². The molecule has 3 aromatic rings. The predicted octanol–water partition coefficient (Wildman–Crippen LogP) is 6.78. The maximum Gasteiger partial charge on any atom is 0.147 e. The minimum absolute atomic E-state index is 0.0573. The molecule has 0 radical (unpaired) electrons. The Labute approximate surface area is 153 Å². The fourth-order valence-electron chi connectivity index (χ4n) is 2.77.